The average molecular weight is 298 g/mol. The van der Waals surface area contributed by atoms with Gasteiger partial charge < -0.3 is 9.84 Å². The summed E-state index contributed by atoms with van der Waals surface area (Å²) in [6, 6.07) is 7.40. The van der Waals surface area contributed by atoms with Gasteiger partial charge in [-0.05, 0) is 23.8 Å². The Hall–Kier alpha value is -2.18. The first-order chi connectivity index (χ1) is 9.49. The van der Waals surface area contributed by atoms with E-state index in [2.05, 4.69) is 0 Å². The number of nitro benzene ring substituents is 1. The summed E-state index contributed by atoms with van der Waals surface area (Å²) in [6.45, 7) is -0.369. The Morgan fingerprint density at radius 2 is 2.05 bits per heavy atom. The normalized spacial score (nSPS) is 10.3. The zero-order valence-corrected chi connectivity index (χ0v) is 10.8. The third-order valence-corrected chi connectivity index (χ3v) is 2.70. The maximum atomic E-state index is 13.3. The van der Waals surface area contributed by atoms with Gasteiger partial charge in [0.15, 0.2) is 0 Å². The maximum Gasteiger partial charge on any atom is 0.311 e. The highest BCUT2D eigenvalue weighted by Crippen LogP contribution is 2.34. The number of ether oxygens (including phenoxy) is 1. The zero-order valence-electron chi connectivity index (χ0n) is 10.0. The molecule has 0 aliphatic rings. The topological polar surface area (TPSA) is 72.6 Å². The molecule has 2 aromatic carbocycles. The van der Waals surface area contributed by atoms with Gasteiger partial charge in [-0.25, -0.2) is 4.39 Å². The van der Waals surface area contributed by atoms with Gasteiger partial charge in [0, 0.05) is 23.2 Å². The lowest BCUT2D eigenvalue weighted by molar-refractivity contribution is -0.385. The van der Waals surface area contributed by atoms with Crippen LogP contribution in [-0.2, 0) is 6.61 Å². The fourth-order valence-electron chi connectivity index (χ4n) is 1.62. The van der Waals surface area contributed by atoms with Crippen molar-refractivity contribution < 1.29 is 19.2 Å². The molecule has 0 radical (unpaired) electrons. The quantitative estimate of drug-likeness (QED) is 0.690. The molecular formula is C13H9ClFNO4. The molecule has 0 fully saturated rings. The molecule has 0 aliphatic carbocycles. The number of halogens is 2. The van der Waals surface area contributed by atoms with Crippen molar-refractivity contribution in [1.29, 1.82) is 0 Å². The summed E-state index contributed by atoms with van der Waals surface area (Å²) in [5.41, 5.74) is 0.00823. The third-order valence-electron chi connectivity index (χ3n) is 2.46. The predicted octanol–water partition coefficient (Wildman–Crippen LogP) is 3.67. The predicted molar refractivity (Wildman–Crippen MR) is 70.5 cm³/mol. The number of aliphatic hydroxyl groups is 1. The van der Waals surface area contributed by atoms with Crippen LogP contribution in [0.3, 0.4) is 0 Å². The van der Waals surface area contributed by atoms with E-state index in [1.165, 1.54) is 24.3 Å². The van der Waals surface area contributed by atoms with Crippen molar-refractivity contribution in [1.82, 2.24) is 0 Å². The Morgan fingerprint density at radius 1 is 1.30 bits per heavy atom. The highest BCUT2D eigenvalue weighted by molar-refractivity contribution is 6.30. The Kier molecular flexibility index (Phi) is 4.16. The summed E-state index contributed by atoms with van der Waals surface area (Å²) in [7, 11) is 0. The van der Waals surface area contributed by atoms with Gasteiger partial charge in [-0.3, -0.25) is 10.1 Å². The number of nitro groups is 1. The van der Waals surface area contributed by atoms with E-state index in [1.807, 2.05) is 0 Å². The molecule has 0 unspecified atom stereocenters. The van der Waals surface area contributed by atoms with Crippen LogP contribution in [0, 0.1) is 15.9 Å². The first kappa shape index (κ1) is 14.2. The Morgan fingerprint density at radius 3 is 2.70 bits per heavy atom. The van der Waals surface area contributed by atoms with Gasteiger partial charge in [-0.15, -0.1) is 0 Å². The van der Waals surface area contributed by atoms with E-state index in [0.29, 0.717) is 5.56 Å². The first-order valence-electron chi connectivity index (χ1n) is 5.51. The minimum absolute atomic E-state index is 0.0411. The molecule has 0 saturated carbocycles. The van der Waals surface area contributed by atoms with Gasteiger partial charge in [-0.2, -0.15) is 0 Å². The molecular weight excluding hydrogens is 289 g/mol. The summed E-state index contributed by atoms with van der Waals surface area (Å²) < 4.78 is 18.6. The van der Waals surface area contributed by atoms with Crippen molar-refractivity contribution in [3.8, 4) is 11.5 Å². The second-order valence-corrected chi connectivity index (χ2v) is 4.36. The molecule has 0 spiro atoms. The second kappa shape index (κ2) is 5.85. The van der Waals surface area contributed by atoms with Crippen LogP contribution in [0.5, 0.6) is 11.5 Å². The van der Waals surface area contributed by atoms with Crippen LogP contribution in [0.2, 0.25) is 5.02 Å². The van der Waals surface area contributed by atoms with Crippen molar-refractivity contribution in [3.63, 3.8) is 0 Å². The van der Waals surface area contributed by atoms with E-state index >= 15 is 0 Å². The Bertz CT molecular complexity index is 663. The maximum absolute atomic E-state index is 13.3. The number of hydrogen-bond donors (Lipinski definition) is 1. The standard InChI is InChI=1S/C13H9ClFNO4/c14-9-1-2-12(16(18)19)13(5-9)20-11-4-8(7-17)3-10(15)6-11/h1-6,17H,7H2. The summed E-state index contributed by atoms with van der Waals surface area (Å²) in [4.78, 5) is 10.3. The van der Waals surface area contributed by atoms with Crippen molar-refractivity contribution in [2.45, 2.75) is 6.61 Å². The second-order valence-electron chi connectivity index (χ2n) is 3.92. The van der Waals surface area contributed by atoms with E-state index in [0.717, 1.165) is 12.1 Å². The lowest BCUT2D eigenvalue weighted by atomic mass is 10.2. The lowest BCUT2D eigenvalue weighted by Crippen LogP contribution is -1.95. The summed E-state index contributed by atoms with van der Waals surface area (Å²) in [5.74, 6) is -0.673. The molecule has 0 amide bonds. The van der Waals surface area contributed by atoms with Crippen molar-refractivity contribution in [3.05, 3.63) is 62.9 Å². The first-order valence-corrected chi connectivity index (χ1v) is 5.89. The number of hydrogen-bond acceptors (Lipinski definition) is 4. The van der Waals surface area contributed by atoms with Gasteiger partial charge in [0.25, 0.3) is 0 Å². The molecule has 0 aromatic heterocycles. The van der Waals surface area contributed by atoms with E-state index in [4.69, 9.17) is 21.4 Å². The lowest BCUT2D eigenvalue weighted by Gasteiger charge is -2.08. The van der Waals surface area contributed by atoms with E-state index in [9.17, 15) is 14.5 Å². The van der Waals surface area contributed by atoms with Crippen LogP contribution in [0.1, 0.15) is 5.56 Å². The monoisotopic (exact) mass is 297 g/mol. The van der Waals surface area contributed by atoms with Crippen LogP contribution in [0.25, 0.3) is 0 Å². The van der Waals surface area contributed by atoms with Crippen LogP contribution >= 0.6 is 11.6 Å². The molecule has 0 bridgehead atoms. The van der Waals surface area contributed by atoms with Crippen molar-refractivity contribution >= 4 is 17.3 Å². The minimum atomic E-state index is -0.627. The molecule has 2 rings (SSSR count). The van der Waals surface area contributed by atoms with Gasteiger partial charge in [-0.1, -0.05) is 11.6 Å². The molecule has 104 valence electrons. The highest BCUT2D eigenvalue weighted by Gasteiger charge is 2.16. The fourth-order valence-corrected chi connectivity index (χ4v) is 1.78. The number of nitrogens with zero attached hydrogens (tertiary/aromatic N) is 1. The van der Waals surface area contributed by atoms with Gasteiger partial charge >= 0.3 is 5.69 Å². The number of benzene rings is 2. The Labute approximate surface area is 118 Å². The fraction of sp³-hybridized carbons (Fsp3) is 0.0769. The largest absolute Gasteiger partial charge is 0.450 e. The smallest absolute Gasteiger partial charge is 0.311 e. The van der Waals surface area contributed by atoms with Gasteiger partial charge in [0.05, 0.1) is 11.5 Å². The molecule has 1 N–H and O–H groups in total. The number of rotatable bonds is 4. The van der Waals surface area contributed by atoms with Gasteiger partial charge in [0.2, 0.25) is 5.75 Å². The minimum Gasteiger partial charge on any atom is -0.450 e. The molecule has 7 heteroatoms. The van der Waals surface area contributed by atoms with Crippen LogP contribution in [0.15, 0.2) is 36.4 Å². The van der Waals surface area contributed by atoms with Gasteiger partial charge in [0.1, 0.15) is 11.6 Å². The molecule has 2 aromatic rings. The van der Waals surface area contributed by atoms with Crippen LogP contribution in [0.4, 0.5) is 10.1 Å². The van der Waals surface area contributed by atoms with E-state index in [-0.39, 0.29) is 28.8 Å². The molecule has 0 aliphatic heterocycles. The number of aliphatic hydroxyl groups excluding tert-OH is 1. The summed E-state index contributed by atoms with van der Waals surface area (Å²) in [5, 5.41) is 20.1. The molecule has 5 nitrogen and oxygen atoms in total. The van der Waals surface area contributed by atoms with Crippen LogP contribution < -0.4 is 4.74 Å². The highest BCUT2D eigenvalue weighted by atomic mass is 35.5. The molecule has 0 atom stereocenters. The van der Waals surface area contributed by atoms with Crippen molar-refractivity contribution in [2.75, 3.05) is 0 Å². The molecule has 0 heterocycles. The molecule has 0 saturated heterocycles. The van der Waals surface area contributed by atoms with E-state index in [1.54, 1.807) is 0 Å². The third kappa shape index (κ3) is 3.23. The summed E-state index contributed by atoms with van der Waals surface area (Å²) >= 11 is 5.76. The Balaban J connectivity index is 2.41. The zero-order chi connectivity index (χ0) is 14.7. The molecule has 20 heavy (non-hydrogen) atoms. The SMILES string of the molecule is O=[N+]([O-])c1ccc(Cl)cc1Oc1cc(F)cc(CO)c1. The van der Waals surface area contributed by atoms with Crippen LogP contribution in [-0.4, -0.2) is 10.0 Å². The summed E-state index contributed by atoms with van der Waals surface area (Å²) in [6.07, 6.45) is 0. The van der Waals surface area contributed by atoms with E-state index < -0.39 is 10.7 Å². The average Bonchev–Trinajstić information content (AvgIpc) is 2.37. The van der Waals surface area contributed by atoms with Crippen molar-refractivity contribution in [2.24, 2.45) is 0 Å².